The average molecular weight is 222 g/mol. The molecule has 0 radical (unpaired) electrons. The number of hydrogen-bond acceptors (Lipinski definition) is 4. The van der Waals surface area contributed by atoms with E-state index in [1.807, 2.05) is 12.1 Å². The zero-order valence-corrected chi connectivity index (χ0v) is 9.64. The van der Waals surface area contributed by atoms with Crippen LogP contribution in [0.15, 0.2) is 23.5 Å². The van der Waals surface area contributed by atoms with Crippen LogP contribution < -0.4 is 11.1 Å². The molecule has 0 bridgehead atoms. The van der Waals surface area contributed by atoms with E-state index in [-0.39, 0.29) is 5.84 Å². The van der Waals surface area contributed by atoms with Crippen molar-refractivity contribution in [2.45, 2.75) is 20.4 Å². The molecular weight excluding hydrogens is 204 g/mol. The Morgan fingerprint density at radius 2 is 2.38 bits per heavy atom. The highest BCUT2D eigenvalue weighted by atomic mass is 16.4. The monoisotopic (exact) mass is 222 g/mol. The van der Waals surface area contributed by atoms with Gasteiger partial charge < -0.3 is 16.3 Å². The van der Waals surface area contributed by atoms with Crippen molar-refractivity contribution < 1.29 is 5.21 Å². The number of pyridine rings is 1. The molecule has 4 N–H and O–H groups in total. The van der Waals surface area contributed by atoms with Crippen LogP contribution in [0.25, 0.3) is 0 Å². The van der Waals surface area contributed by atoms with Gasteiger partial charge >= 0.3 is 0 Å². The average Bonchev–Trinajstić information content (AvgIpc) is 2.28. The number of aromatic nitrogens is 1. The third-order valence-electron chi connectivity index (χ3n) is 2.08. The molecular formula is C11H18N4O. The van der Waals surface area contributed by atoms with Crippen LogP contribution in [0.4, 0.5) is 0 Å². The van der Waals surface area contributed by atoms with Gasteiger partial charge in [0.2, 0.25) is 0 Å². The zero-order chi connectivity index (χ0) is 12.0. The van der Waals surface area contributed by atoms with E-state index in [0.717, 1.165) is 18.7 Å². The molecule has 0 atom stereocenters. The van der Waals surface area contributed by atoms with E-state index in [1.54, 1.807) is 6.20 Å². The summed E-state index contributed by atoms with van der Waals surface area (Å²) in [6.45, 7) is 6.02. The molecule has 5 nitrogen and oxygen atoms in total. The highest BCUT2D eigenvalue weighted by Gasteiger charge is 2.02. The SMILES string of the molecule is CC(C)CNCc1ccnc(C(N)=NO)c1. The Morgan fingerprint density at radius 1 is 1.62 bits per heavy atom. The van der Waals surface area contributed by atoms with Gasteiger partial charge in [-0.15, -0.1) is 0 Å². The van der Waals surface area contributed by atoms with Crippen LogP contribution >= 0.6 is 0 Å². The number of amidine groups is 1. The normalized spacial score (nSPS) is 12.1. The summed E-state index contributed by atoms with van der Waals surface area (Å²) < 4.78 is 0. The number of rotatable bonds is 5. The minimum absolute atomic E-state index is 0.0331. The highest BCUT2D eigenvalue weighted by molar-refractivity contribution is 5.95. The standard InChI is InChI=1S/C11H18N4O/c1-8(2)6-13-7-9-3-4-14-10(5-9)11(12)15-16/h3-5,8,13,16H,6-7H2,1-2H3,(H2,12,15). The van der Waals surface area contributed by atoms with Crippen LogP contribution in [0.1, 0.15) is 25.1 Å². The van der Waals surface area contributed by atoms with Crippen LogP contribution in [0.5, 0.6) is 0 Å². The lowest BCUT2D eigenvalue weighted by Crippen LogP contribution is -2.20. The Morgan fingerprint density at radius 3 is 3.00 bits per heavy atom. The van der Waals surface area contributed by atoms with Gasteiger partial charge in [-0.3, -0.25) is 4.98 Å². The molecule has 0 aromatic carbocycles. The molecule has 0 fully saturated rings. The van der Waals surface area contributed by atoms with E-state index >= 15 is 0 Å². The van der Waals surface area contributed by atoms with Crippen molar-refractivity contribution in [2.75, 3.05) is 6.54 Å². The molecule has 0 aliphatic rings. The van der Waals surface area contributed by atoms with Crippen molar-refractivity contribution in [1.29, 1.82) is 0 Å². The Labute approximate surface area is 95.4 Å². The van der Waals surface area contributed by atoms with E-state index < -0.39 is 0 Å². The summed E-state index contributed by atoms with van der Waals surface area (Å²) in [5, 5.41) is 14.8. The summed E-state index contributed by atoms with van der Waals surface area (Å²) in [5.41, 5.74) is 7.02. The smallest absolute Gasteiger partial charge is 0.188 e. The first-order valence-electron chi connectivity index (χ1n) is 5.27. The second-order valence-electron chi connectivity index (χ2n) is 4.06. The van der Waals surface area contributed by atoms with Crippen molar-refractivity contribution in [3.8, 4) is 0 Å². The number of nitrogens with one attached hydrogen (secondary N) is 1. The molecule has 0 aliphatic heterocycles. The zero-order valence-electron chi connectivity index (χ0n) is 9.64. The largest absolute Gasteiger partial charge is 0.409 e. The Balaban J connectivity index is 2.61. The van der Waals surface area contributed by atoms with E-state index in [1.165, 1.54) is 0 Å². The van der Waals surface area contributed by atoms with Gasteiger partial charge in [0.25, 0.3) is 0 Å². The summed E-state index contributed by atoms with van der Waals surface area (Å²) >= 11 is 0. The van der Waals surface area contributed by atoms with Crippen LogP contribution in [-0.4, -0.2) is 22.6 Å². The number of oxime groups is 1. The van der Waals surface area contributed by atoms with Crippen LogP contribution in [0.3, 0.4) is 0 Å². The summed E-state index contributed by atoms with van der Waals surface area (Å²) in [6.07, 6.45) is 1.65. The molecule has 1 aromatic rings. The lowest BCUT2D eigenvalue weighted by atomic mass is 10.2. The number of nitrogens with two attached hydrogens (primary N) is 1. The Hall–Kier alpha value is -1.62. The second kappa shape index (κ2) is 6.07. The van der Waals surface area contributed by atoms with E-state index in [4.69, 9.17) is 10.9 Å². The van der Waals surface area contributed by atoms with Gasteiger partial charge in [-0.1, -0.05) is 19.0 Å². The molecule has 0 saturated carbocycles. The lowest BCUT2D eigenvalue weighted by Gasteiger charge is -2.07. The number of nitrogens with zero attached hydrogens (tertiary/aromatic N) is 2. The molecule has 0 spiro atoms. The maximum atomic E-state index is 8.54. The summed E-state index contributed by atoms with van der Waals surface area (Å²) in [5.74, 6) is 0.649. The molecule has 0 saturated heterocycles. The van der Waals surface area contributed by atoms with Crippen LogP contribution in [0, 0.1) is 5.92 Å². The minimum Gasteiger partial charge on any atom is -0.409 e. The van der Waals surface area contributed by atoms with E-state index in [2.05, 4.69) is 29.3 Å². The maximum absolute atomic E-state index is 8.54. The first kappa shape index (κ1) is 12.4. The van der Waals surface area contributed by atoms with Crippen molar-refractivity contribution >= 4 is 5.84 Å². The maximum Gasteiger partial charge on any atom is 0.188 e. The fourth-order valence-electron chi connectivity index (χ4n) is 1.28. The topological polar surface area (TPSA) is 83.5 Å². The molecule has 0 amide bonds. The third kappa shape index (κ3) is 3.86. The number of hydrogen-bond donors (Lipinski definition) is 3. The predicted molar refractivity (Wildman–Crippen MR) is 63.3 cm³/mol. The van der Waals surface area contributed by atoms with Crippen molar-refractivity contribution in [3.05, 3.63) is 29.6 Å². The van der Waals surface area contributed by atoms with Crippen LogP contribution in [0.2, 0.25) is 0 Å². The molecule has 1 rings (SSSR count). The third-order valence-corrected chi connectivity index (χ3v) is 2.08. The Bertz CT molecular complexity index is 363. The molecule has 5 heteroatoms. The minimum atomic E-state index is 0.0331. The highest BCUT2D eigenvalue weighted by Crippen LogP contribution is 2.01. The van der Waals surface area contributed by atoms with Gasteiger partial charge in [0.15, 0.2) is 5.84 Å². The van der Waals surface area contributed by atoms with Crippen LogP contribution in [-0.2, 0) is 6.54 Å². The van der Waals surface area contributed by atoms with Gasteiger partial charge in [-0.2, -0.15) is 0 Å². The van der Waals surface area contributed by atoms with Gasteiger partial charge in [0, 0.05) is 12.7 Å². The fraction of sp³-hybridized carbons (Fsp3) is 0.455. The van der Waals surface area contributed by atoms with Gasteiger partial charge in [-0.05, 0) is 30.2 Å². The van der Waals surface area contributed by atoms with Gasteiger partial charge in [0.05, 0.1) is 0 Å². The van der Waals surface area contributed by atoms with E-state index in [0.29, 0.717) is 11.6 Å². The fourth-order valence-corrected chi connectivity index (χ4v) is 1.28. The second-order valence-corrected chi connectivity index (χ2v) is 4.06. The summed E-state index contributed by atoms with van der Waals surface area (Å²) in [4.78, 5) is 4.01. The quantitative estimate of drug-likeness (QED) is 0.299. The molecule has 1 aromatic heterocycles. The molecule has 0 aliphatic carbocycles. The Kier molecular flexibility index (Phi) is 4.72. The summed E-state index contributed by atoms with van der Waals surface area (Å²) in [6, 6.07) is 3.71. The van der Waals surface area contributed by atoms with Crippen molar-refractivity contribution in [1.82, 2.24) is 10.3 Å². The lowest BCUT2D eigenvalue weighted by molar-refractivity contribution is 0.318. The molecule has 16 heavy (non-hydrogen) atoms. The molecule has 88 valence electrons. The predicted octanol–water partition coefficient (Wildman–Crippen LogP) is 0.922. The first-order chi connectivity index (χ1) is 7.63. The van der Waals surface area contributed by atoms with Crippen molar-refractivity contribution in [2.24, 2.45) is 16.8 Å². The van der Waals surface area contributed by atoms with Gasteiger partial charge in [-0.25, -0.2) is 0 Å². The van der Waals surface area contributed by atoms with Gasteiger partial charge in [0.1, 0.15) is 5.69 Å². The summed E-state index contributed by atoms with van der Waals surface area (Å²) in [7, 11) is 0. The first-order valence-corrected chi connectivity index (χ1v) is 5.27. The molecule has 0 unspecified atom stereocenters. The molecule has 1 heterocycles. The van der Waals surface area contributed by atoms with Crippen molar-refractivity contribution in [3.63, 3.8) is 0 Å². The van der Waals surface area contributed by atoms with E-state index in [9.17, 15) is 0 Å².